The maximum atomic E-state index is 9.11. The van der Waals surface area contributed by atoms with Gasteiger partial charge >= 0.3 is 0 Å². The Labute approximate surface area is 124 Å². The molecule has 6 N–H and O–H groups in total. The van der Waals surface area contributed by atoms with E-state index in [9.17, 15) is 0 Å². The van der Waals surface area contributed by atoms with Crippen molar-refractivity contribution in [3.05, 3.63) is 23.3 Å². The molecule has 0 rings (SSSR count). The summed E-state index contributed by atoms with van der Waals surface area (Å²) in [6, 6.07) is 0. The average molecular weight is 306 g/mol. The minimum Gasteiger partial charge on any atom is -0.373 e. The number of rotatable bonds is 10. The first kappa shape index (κ1) is 20.2. The van der Waals surface area contributed by atoms with E-state index in [-0.39, 0.29) is 24.4 Å². The fraction of sp³-hybridized carbons (Fsp3) is 0.714. The molecule has 0 spiro atoms. The summed E-state index contributed by atoms with van der Waals surface area (Å²) >= 11 is 0. The maximum absolute atomic E-state index is 9.11. The van der Waals surface area contributed by atoms with Crippen molar-refractivity contribution in [2.45, 2.75) is 51.5 Å². The Morgan fingerprint density at radius 3 is 1.33 bits per heavy atom. The summed E-state index contributed by atoms with van der Waals surface area (Å²) in [6.45, 7) is 3.65. The van der Waals surface area contributed by atoms with Gasteiger partial charge in [0.1, 0.15) is 0 Å². The van der Waals surface area contributed by atoms with Crippen LogP contribution >= 0.6 is 0 Å². The minimum absolute atomic E-state index is 0.00392. The van der Waals surface area contributed by atoms with Crippen molar-refractivity contribution < 1.29 is 35.4 Å². The number of aliphatic hydroxyl groups is 6. The highest BCUT2D eigenvalue weighted by Crippen LogP contribution is 2.17. The Balaban J connectivity index is 4.47. The van der Waals surface area contributed by atoms with Gasteiger partial charge in [0.25, 0.3) is 11.9 Å². The van der Waals surface area contributed by atoms with Gasteiger partial charge in [-0.2, -0.15) is 0 Å². The lowest BCUT2D eigenvalue weighted by Gasteiger charge is -2.18. The molecule has 0 amide bonds. The molecule has 0 unspecified atom stereocenters. The lowest BCUT2D eigenvalue weighted by Crippen LogP contribution is -2.30. The number of ether oxygens (including phenoxy) is 1. The molecule has 0 heterocycles. The van der Waals surface area contributed by atoms with Gasteiger partial charge in [-0.05, 0) is 12.8 Å². The second kappa shape index (κ2) is 9.26. The van der Waals surface area contributed by atoms with E-state index in [4.69, 9.17) is 35.4 Å². The average Bonchev–Trinajstić information content (AvgIpc) is 2.33. The van der Waals surface area contributed by atoms with Gasteiger partial charge in [-0.1, -0.05) is 38.8 Å². The van der Waals surface area contributed by atoms with E-state index in [1.165, 1.54) is 12.2 Å². The third-order valence-electron chi connectivity index (χ3n) is 2.80. The van der Waals surface area contributed by atoms with Crippen LogP contribution in [0.3, 0.4) is 0 Å². The highest BCUT2D eigenvalue weighted by atomic mass is 16.7. The Morgan fingerprint density at radius 1 is 0.762 bits per heavy atom. The largest absolute Gasteiger partial charge is 0.373 e. The van der Waals surface area contributed by atoms with E-state index in [0.29, 0.717) is 25.7 Å². The molecule has 7 heteroatoms. The van der Waals surface area contributed by atoms with Gasteiger partial charge in [-0.25, -0.2) is 0 Å². The first-order valence-corrected chi connectivity index (χ1v) is 6.93. The summed E-state index contributed by atoms with van der Waals surface area (Å²) in [6.07, 6.45) is 4.55. The molecule has 0 aliphatic heterocycles. The smallest absolute Gasteiger partial charge is 0.300 e. The monoisotopic (exact) mass is 306 g/mol. The van der Waals surface area contributed by atoms with Crippen molar-refractivity contribution in [2.24, 2.45) is 0 Å². The number of hydrogen-bond acceptors (Lipinski definition) is 7. The highest BCUT2D eigenvalue weighted by Gasteiger charge is 2.24. The number of hydrogen-bond donors (Lipinski definition) is 6. The Bertz CT molecular complexity index is 313. The normalized spacial score (nSPS) is 14.7. The van der Waals surface area contributed by atoms with E-state index < -0.39 is 11.9 Å². The van der Waals surface area contributed by atoms with Gasteiger partial charge in [-0.15, -0.1) is 0 Å². The van der Waals surface area contributed by atoms with Crippen LogP contribution in [0.4, 0.5) is 0 Å². The molecular formula is C14H26O7. The van der Waals surface area contributed by atoms with E-state index in [0.717, 1.165) is 0 Å². The topological polar surface area (TPSA) is 131 Å². The van der Waals surface area contributed by atoms with Crippen LogP contribution in [0.1, 0.15) is 39.5 Å². The molecule has 7 nitrogen and oxygen atoms in total. The molecule has 0 saturated carbocycles. The second-order valence-corrected chi connectivity index (χ2v) is 4.77. The SMILES string of the molecule is CCCC(=CCOCC=C(CCC)C(O)(O)O)C(O)(O)O. The molecule has 0 fully saturated rings. The zero-order valence-electron chi connectivity index (χ0n) is 12.5. The molecule has 0 radical (unpaired) electrons. The minimum atomic E-state index is -2.86. The summed E-state index contributed by atoms with van der Waals surface area (Å²) < 4.78 is 5.16. The lowest BCUT2D eigenvalue weighted by molar-refractivity contribution is -0.284. The van der Waals surface area contributed by atoms with Crippen LogP contribution in [0, 0.1) is 0 Å². The van der Waals surface area contributed by atoms with Crippen LogP contribution in [-0.2, 0) is 4.74 Å². The van der Waals surface area contributed by atoms with E-state index in [1.54, 1.807) is 0 Å². The second-order valence-electron chi connectivity index (χ2n) is 4.77. The van der Waals surface area contributed by atoms with Gasteiger partial charge in [0.15, 0.2) is 0 Å². The molecular weight excluding hydrogens is 280 g/mol. The molecule has 0 atom stereocenters. The van der Waals surface area contributed by atoms with Crippen LogP contribution in [0.15, 0.2) is 23.3 Å². The predicted molar refractivity (Wildman–Crippen MR) is 75.6 cm³/mol. The van der Waals surface area contributed by atoms with Gasteiger partial charge in [-0.3, -0.25) is 0 Å². The van der Waals surface area contributed by atoms with Crippen molar-refractivity contribution >= 4 is 0 Å². The molecule has 0 aromatic heterocycles. The Morgan fingerprint density at radius 2 is 1.10 bits per heavy atom. The summed E-state index contributed by atoms with van der Waals surface area (Å²) in [5.41, 5.74) is 0.0622. The first-order chi connectivity index (χ1) is 9.62. The summed E-state index contributed by atoms with van der Waals surface area (Å²) in [5.74, 6) is -5.72. The van der Waals surface area contributed by atoms with Gasteiger partial charge in [0.05, 0.1) is 13.2 Å². The van der Waals surface area contributed by atoms with Crippen molar-refractivity contribution in [3.8, 4) is 0 Å². The van der Waals surface area contributed by atoms with Crippen molar-refractivity contribution in [1.82, 2.24) is 0 Å². The van der Waals surface area contributed by atoms with Crippen LogP contribution in [-0.4, -0.2) is 55.8 Å². The maximum Gasteiger partial charge on any atom is 0.300 e. The molecule has 0 aliphatic rings. The van der Waals surface area contributed by atoms with E-state index in [1.807, 2.05) is 13.8 Å². The van der Waals surface area contributed by atoms with Crippen LogP contribution in [0.25, 0.3) is 0 Å². The first-order valence-electron chi connectivity index (χ1n) is 6.93. The molecule has 0 aromatic rings. The summed E-state index contributed by atoms with van der Waals surface area (Å²) in [4.78, 5) is 0. The standard InChI is InChI=1S/C14H26O7/c1-3-5-11(13(15,16)17)7-9-21-10-8-12(6-4-2)14(18,19)20/h7-8,15-20H,3-6,9-10H2,1-2H3. The molecule has 0 bridgehead atoms. The molecule has 124 valence electrons. The zero-order valence-corrected chi connectivity index (χ0v) is 12.5. The predicted octanol–water partition coefficient (Wildman–Crippen LogP) is -0.283. The molecule has 0 aromatic carbocycles. The third-order valence-corrected chi connectivity index (χ3v) is 2.80. The van der Waals surface area contributed by atoms with E-state index >= 15 is 0 Å². The van der Waals surface area contributed by atoms with Gasteiger partial charge in [0.2, 0.25) is 0 Å². The zero-order chi connectivity index (χ0) is 16.5. The van der Waals surface area contributed by atoms with Crippen LogP contribution < -0.4 is 0 Å². The quantitative estimate of drug-likeness (QED) is 0.186. The van der Waals surface area contributed by atoms with Crippen LogP contribution in [0.5, 0.6) is 0 Å². The highest BCUT2D eigenvalue weighted by molar-refractivity contribution is 5.09. The van der Waals surface area contributed by atoms with Gasteiger partial charge < -0.3 is 35.4 Å². The van der Waals surface area contributed by atoms with Crippen LogP contribution in [0.2, 0.25) is 0 Å². The van der Waals surface area contributed by atoms with Crippen molar-refractivity contribution in [2.75, 3.05) is 13.2 Å². The molecule has 0 aliphatic carbocycles. The third kappa shape index (κ3) is 8.94. The fourth-order valence-electron chi connectivity index (χ4n) is 1.74. The fourth-order valence-corrected chi connectivity index (χ4v) is 1.74. The van der Waals surface area contributed by atoms with E-state index in [2.05, 4.69) is 0 Å². The lowest BCUT2D eigenvalue weighted by atomic mass is 10.1. The Hall–Kier alpha value is -0.800. The van der Waals surface area contributed by atoms with Crippen molar-refractivity contribution in [3.63, 3.8) is 0 Å². The summed E-state index contributed by atoms with van der Waals surface area (Å²) in [5, 5.41) is 54.6. The van der Waals surface area contributed by atoms with Gasteiger partial charge in [0, 0.05) is 11.1 Å². The summed E-state index contributed by atoms with van der Waals surface area (Å²) in [7, 11) is 0. The molecule has 0 saturated heterocycles. The molecule has 21 heavy (non-hydrogen) atoms. The Kier molecular flexibility index (Phi) is 8.91. The van der Waals surface area contributed by atoms with Crippen molar-refractivity contribution in [1.29, 1.82) is 0 Å².